The molecular formula is C15H27O6PSi. The molecule has 1 unspecified atom stereocenters. The van der Waals surface area contributed by atoms with Crippen molar-refractivity contribution in [2.45, 2.75) is 45.5 Å². The van der Waals surface area contributed by atoms with Gasteiger partial charge in [-0.3, -0.25) is 4.57 Å². The van der Waals surface area contributed by atoms with Crippen molar-refractivity contribution in [2.75, 3.05) is 14.2 Å². The summed E-state index contributed by atoms with van der Waals surface area (Å²) < 4.78 is 32.7. The Hall–Kier alpha value is -1.01. The van der Waals surface area contributed by atoms with Crippen LogP contribution in [0.25, 0.3) is 0 Å². The lowest BCUT2D eigenvalue weighted by molar-refractivity contribution is 0.270. The van der Waals surface area contributed by atoms with Crippen LogP contribution in [0.4, 0.5) is 0 Å². The fourth-order valence-corrected chi connectivity index (χ4v) is 2.98. The van der Waals surface area contributed by atoms with E-state index in [0.717, 1.165) is 0 Å². The monoisotopic (exact) mass is 362 g/mol. The van der Waals surface area contributed by atoms with Crippen molar-refractivity contribution in [1.29, 1.82) is 0 Å². The Balaban J connectivity index is 3.23. The topological polar surface area (TPSA) is 74.2 Å². The van der Waals surface area contributed by atoms with Crippen LogP contribution in [-0.4, -0.2) is 27.4 Å². The third-order valence-electron chi connectivity index (χ3n) is 4.05. The molecule has 0 aliphatic heterocycles. The molecule has 1 rings (SSSR count). The van der Waals surface area contributed by atoms with E-state index in [1.165, 1.54) is 0 Å². The minimum Gasteiger partial charge on any atom is -0.539 e. The third kappa shape index (κ3) is 5.24. The van der Waals surface area contributed by atoms with Gasteiger partial charge >= 0.3 is 8.25 Å². The molecule has 0 saturated heterocycles. The highest BCUT2D eigenvalue weighted by atomic mass is 31.1. The van der Waals surface area contributed by atoms with Gasteiger partial charge in [-0.25, -0.2) is 0 Å². The average Bonchev–Trinajstić information content (AvgIpc) is 2.44. The van der Waals surface area contributed by atoms with Crippen molar-refractivity contribution in [3.63, 3.8) is 0 Å². The molecule has 0 fully saturated rings. The summed E-state index contributed by atoms with van der Waals surface area (Å²) in [6.07, 6.45) is 0. The minimum absolute atomic E-state index is 0.00138. The van der Waals surface area contributed by atoms with E-state index in [4.69, 9.17) is 23.3 Å². The summed E-state index contributed by atoms with van der Waals surface area (Å²) in [5.74, 6) is 1.60. The van der Waals surface area contributed by atoms with E-state index < -0.39 is 16.6 Å². The SMILES string of the molecule is COc1cc(CO[PH](=O)O)cc(OC)c1O[Si](C)(C)C(C)(C)C. The Morgan fingerprint density at radius 1 is 1.13 bits per heavy atom. The van der Waals surface area contributed by atoms with Crippen molar-refractivity contribution in [3.05, 3.63) is 17.7 Å². The van der Waals surface area contributed by atoms with E-state index in [-0.39, 0.29) is 11.6 Å². The van der Waals surface area contributed by atoms with Crippen LogP contribution < -0.4 is 13.9 Å². The summed E-state index contributed by atoms with van der Waals surface area (Å²) in [6.45, 7) is 10.7. The summed E-state index contributed by atoms with van der Waals surface area (Å²) in [5, 5.41) is 0.0293. The first-order valence-corrected chi connectivity index (χ1v) is 11.5. The summed E-state index contributed by atoms with van der Waals surface area (Å²) in [4.78, 5) is 8.81. The lowest BCUT2D eigenvalue weighted by atomic mass is 10.2. The Morgan fingerprint density at radius 3 is 1.96 bits per heavy atom. The molecule has 0 bridgehead atoms. The largest absolute Gasteiger partial charge is 0.539 e. The highest BCUT2D eigenvalue weighted by Crippen LogP contribution is 2.45. The zero-order chi connectivity index (χ0) is 17.8. The molecule has 0 aliphatic rings. The summed E-state index contributed by atoms with van der Waals surface area (Å²) in [6, 6.07) is 3.46. The van der Waals surface area contributed by atoms with Crippen LogP contribution in [0.15, 0.2) is 12.1 Å². The van der Waals surface area contributed by atoms with Gasteiger partial charge in [0.2, 0.25) is 0 Å². The van der Waals surface area contributed by atoms with Crippen molar-refractivity contribution in [2.24, 2.45) is 0 Å². The first-order chi connectivity index (χ1) is 10.5. The Kier molecular flexibility index (Phi) is 6.71. The predicted molar refractivity (Wildman–Crippen MR) is 93.4 cm³/mol. The highest BCUT2D eigenvalue weighted by Gasteiger charge is 2.40. The molecule has 132 valence electrons. The van der Waals surface area contributed by atoms with Crippen LogP contribution >= 0.6 is 8.25 Å². The van der Waals surface area contributed by atoms with E-state index >= 15 is 0 Å². The lowest BCUT2D eigenvalue weighted by Gasteiger charge is -2.37. The van der Waals surface area contributed by atoms with Crippen LogP contribution in [0.1, 0.15) is 26.3 Å². The molecule has 0 heterocycles. The lowest BCUT2D eigenvalue weighted by Crippen LogP contribution is -2.44. The zero-order valence-corrected chi connectivity index (χ0v) is 16.9. The minimum atomic E-state index is -2.98. The molecular weight excluding hydrogens is 335 g/mol. The second-order valence-electron chi connectivity index (χ2n) is 6.75. The maximum absolute atomic E-state index is 10.7. The van der Waals surface area contributed by atoms with E-state index in [2.05, 4.69) is 33.9 Å². The molecule has 8 heteroatoms. The van der Waals surface area contributed by atoms with Gasteiger partial charge in [-0.2, -0.15) is 0 Å². The van der Waals surface area contributed by atoms with Crippen molar-refractivity contribution in [1.82, 2.24) is 0 Å². The summed E-state index contributed by atoms with van der Waals surface area (Å²) in [7, 11) is -1.96. The maximum atomic E-state index is 10.7. The molecule has 23 heavy (non-hydrogen) atoms. The first kappa shape index (κ1) is 20.0. The molecule has 1 N–H and O–H groups in total. The Morgan fingerprint density at radius 2 is 1.61 bits per heavy atom. The number of ether oxygens (including phenoxy) is 2. The van der Waals surface area contributed by atoms with Crippen LogP contribution in [0, 0.1) is 0 Å². The van der Waals surface area contributed by atoms with Crippen molar-refractivity contribution >= 4 is 16.6 Å². The summed E-state index contributed by atoms with van der Waals surface area (Å²) >= 11 is 0. The number of methoxy groups -OCH3 is 2. The quantitative estimate of drug-likeness (QED) is 0.584. The Bertz CT molecular complexity index is 543. The van der Waals surface area contributed by atoms with Gasteiger partial charge in [-0.15, -0.1) is 0 Å². The molecule has 0 radical (unpaired) electrons. The summed E-state index contributed by atoms with van der Waals surface area (Å²) in [5.41, 5.74) is 0.675. The average molecular weight is 362 g/mol. The molecule has 1 aromatic rings. The van der Waals surface area contributed by atoms with Gasteiger partial charge in [0, 0.05) is 0 Å². The third-order valence-corrected chi connectivity index (χ3v) is 8.76. The van der Waals surface area contributed by atoms with Gasteiger partial charge in [0.1, 0.15) is 0 Å². The highest BCUT2D eigenvalue weighted by molar-refractivity contribution is 7.32. The van der Waals surface area contributed by atoms with E-state index in [9.17, 15) is 4.57 Å². The first-order valence-electron chi connectivity index (χ1n) is 7.31. The van der Waals surface area contributed by atoms with E-state index in [1.807, 2.05) is 0 Å². The normalized spacial score (nSPS) is 13.6. The van der Waals surface area contributed by atoms with Crippen molar-refractivity contribution < 1.29 is 27.9 Å². The zero-order valence-electron chi connectivity index (χ0n) is 14.9. The molecule has 0 aliphatic carbocycles. The molecule has 0 spiro atoms. The van der Waals surface area contributed by atoms with Gasteiger partial charge < -0.3 is 23.3 Å². The fourth-order valence-electron chi connectivity index (χ4n) is 1.67. The predicted octanol–water partition coefficient (Wildman–Crippen LogP) is 3.99. The number of hydrogen-bond acceptors (Lipinski definition) is 5. The van der Waals surface area contributed by atoms with E-state index in [0.29, 0.717) is 22.8 Å². The standard InChI is InChI=1S/C15H27O6PSi/c1-15(2,3)23(6,7)21-14-12(18-4)8-11(9-13(14)19-5)10-20-22(16)17/h8-9,22H,10H2,1-7H3,(H,16,17). The van der Waals surface area contributed by atoms with Crippen LogP contribution in [0.3, 0.4) is 0 Å². The van der Waals surface area contributed by atoms with Crippen LogP contribution in [0.2, 0.25) is 18.1 Å². The Labute approximate surface area is 139 Å². The smallest absolute Gasteiger partial charge is 0.316 e. The molecule has 1 atom stereocenters. The second kappa shape index (κ2) is 7.70. The molecule has 0 aromatic heterocycles. The van der Waals surface area contributed by atoms with Crippen molar-refractivity contribution in [3.8, 4) is 17.2 Å². The fraction of sp³-hybridized carbons (Fsp3) is 0.600. The van der Waals surface area contributed by atoms with Gasteiger partial charge in [-0.05, 0) is 35.8 Å². The van der Waals surface area contributed by atoms with Crippen LogP contribution in [0.5, 0.6) is 17.2 Å². The second-order valence-corrected chi connectivity index (χ2v) is 12.3. The molecule has 0 amide bonds. The van der Waals surface area contributed by atoms with Gasteiger partial charge in [0.05, 0.1) is 20.8 Å². The van der Waals surface area contributed by atoms with Crippen LogP contribution in [-0.2, 0) is 15.7 Å². The maximum Gasteiger partial charge on any atom is 0.316 e. The van der Waals surface area contributed by atoms with Gasteiger partial charge in [0.25, 0.3) is 8.32 Å². The number of benzene rings is 1. The number of rotatable bonds is 7. The van der Waals surface area contributed by atoms with E-state index in [1.54, 1.807) is 26.4 Å². The molecule has 6 nitrogen and oxygen atoms in total. The van der Waals surface area contributed by atoms with Gasteiger partial charge in [0.15, 0.2) is 17.2 Å². The van der Waals surface area contributed by atoms with Gasteiger partial charge in [-0.1, -0.05) is 20.8 Å². The molecule has 0 saturated carbocycles. The number of hydrogen-bond donors (Lipinski definition) is 1. The molecule has 1 aromatic carbocycles.